The zero-order valence-electron chi connectivity index (χ0n) is 55.8. The van der Waals surface area contributed by atoms with Gasteiger partial charge in [0.2, 0.25) is 0 Å². The zero-order valence-corrected chi connectivity index (χ0v) is 56.6. The monoisotopic (exact) mass is 1340 g/mol. The molecule has 3 aliphatic heterocycles. The van der Waals surface area contributed by atoms with E-state index in [1.54, 1.807) is 0 Å². The van der Waals surface area contributed by atoms with Gasteiger partial charge >= 0.3 is 0 Å². The molecular weight excluding hydrogens is 1250 g/mol. The lowest BCUT2D eigenvalue weighted by molar-refractivity contribution is -0.364. The van der Waals surface area contributed by atoms with Crippen LogP contribution >= 0.6 is 11.8 Å². The van der Waals surface area contributed by atoms with Gasteiger partial charge in [-0.3, -0.25) is 0 Å². The Bertz CT molecular complexity index is 3620. The van der Waals surface area contributed by atoms with Crippen molar-refractivity contribution in [3.63, 3.8) is 0 Å². The summed E-state index contributed by atoms with van der Waals surface area (Å²) in [5.41, 5.74) is 8.31. The highest BCUT2D eigenvalue weighted by molar-refractivity contribution is 7.99. The second-order valence-corrected chi connectivity index (χ2v) is 25.9. The van der Waals surface area contributed by atoms with Crippen LogP contribution < -0.4 is 0 Å². The number of hydrogen-bond donors (Lipinski definition) is 0. The van der Waals surface area contributed by atoms with Gasteiger partial charge in [0.15, 0.2) is 12.6 Å². The highest BCUT2D eigenvalue weighted by atomic mass is 32.2. The van der Waals surface area contributed by atoms with Gasteiger partial charge in [0, 0.05) is 5.92 Å². The van der Waals surface area contributed by atoms with E-state index in [9.17, 15) is 0 Å². The third-order valence-electron chi connectivity index (χ3n) is 17.9. The van der Waals surface area contributed by atoms with E-state index in [1.807, 2.05) is 194 Å². The van der Waals surface area contributed by atoms with Crippen LogP contribution in [0.25, 0.3) is 0 Å². The number of hydrogen-bond acceptors (Lipinski definition) is 15. The van der Waals surface area contributed by atoms with E-state index < -0.39 is 91.1 Å². The van der Waals surface area contributed by atoms with Crippen LogP contribution in [-0.2, 0) is 126 Å². The van der Waals surface area contributed by atoms with Crippen molar-refractivity contribution in [1.29, 1.82) is 0 Å². The first-order valence-electron chi connectivity index (χ1n) is 34.1. The second kappa shape index (κ2) is 37.8. The summed E-state index contributed by atoms with van der Waals surface area (Å²) in [6.07, 6.45) is -8.15. The van der Waals surface area contributed by atoms with Gasteiger partial charge in [-0.25, -0.2) is 0 Å². The third-order valence-corrected chi connectivity index (χ3v) is 18.7. The number of thioether (sulfide) groups is 1. The molecule has 3 aliphatic rings. The van der Waals surface area contributed by atoms with Gasteiger partial charge in [0.1, 0.15) is 66.5 Å². The molecule has 0 bridgehead atoms. The Kier molecular flexibility index (Phi) is 27.3. The zero-order chi connectivity index (χ0) is 66.8. The summed E-state index contributed by atoms with van der Waals surface area (Å²) in [7, 11) is 0. The van der Waals surface area contributed by atoms with Crippen LogP contribution in [0.1, 0.15) is 57.0 Å². The molecule has 3 fully saturated rings. The van der Waals surface area contributed by atoms with Crippen LogP contribution in [0.4, 0.5) is 0 Å². The highest BCUT2D eigenvalue weighted by Crippen LogP contribution is 2.40. The Morgan fingerprint density at radius 3 is 0.847 bits per heavy atom. The molecule has 3 saturated heterocycles. The van der Waals surface area contributed by atoms with E-state index in [4.69, 9.17) is 66.3 Å². The molecule has 0 N–H and O–H groups in total. The number of rotatable bonds is 35. The standard InChI is InChI=1S/C83H90O14S/c1-60-73(86-50-63-34-16-5-17-35-63)74(87-51-64-36-18-6-19-37-64)70(57-84-48-61-30-12-3-13-31-61)94-81(60)93-59-72-76(89-53-66-40-22-8-23-41-66)77(90-54-67-42-24-9-25-43-67)79(92-56-69-46-28-11-29-47-69)82(95-72)97-80-78(91-55-68-44-26-10-27-45-68)75(88-52-65-38-20-7-21-39-65)71(96-83(80)98-2)58-85-49-62-32-14-4-15-33-62/h3-47,60,70-83H,48-59H2,1-2H3/t60?,70?,71?,72?,73-,74+,75+,76+,77+,78+,79?,80?,81-,82+,83+/m1/s1. The maximum atomic E-state index is 7.73. The molecule has 0 spiro atoms. The average Bonchev–Trinajstić information content (AvgIpc) is 0.776. The molecule has 3 heterocycles. The van der Waals surface area contributed by atoms with Crippen molar-refractivity contribution < 1.29 is 66.3 Å². The van der Waals surface area contributed by atoms with E-state index in [-0.39, 0.29) is 52.9 Å². The van der Waals surface area contributed by atoms with Crippen molar-refractivity contribution in [3.8, 4) is 0 Å². The van der Waals surface area contributed by atoms with E-state index in [2.05, 4.69) is 91.9 Å². The number of benzene rings is 9. The molecule has 15 heteroatoms. The summed E-state index contributed by atoms with van der Waals surface area (Å²) in [4.78, 5) is 0. The molecule has 0 radical (unpaired) electrons. The fraction of sp³-hybridized carbons (Fsp3) is 0.349. The summed E-state index contributed by atoms with van der Waals surface area (Å²) in [6, 6.07) is 91.1. The molecule has 12 rings (SSSR count). The van der Waals surface area contributed by atoms with Crippen LogP contribution in [0, 0.1) is 5.92 Å². The van der Waals surface area contributed by atoms with Gasteiger partial charge in [-0.15, -0.1) is 11.8 Å². The minimum absolute atomic E-state index is 0.0475. The van der Waals surface area contributed by atoms with E-state index in [0.29, 0.717) is 26.4 Å². The summed E-state index contributed by atoms with van der Waals surface area (Å²) < 4.78 is 100. The molecule has 0 amide bonds. The van der Waals surface area contributed by atoms with Crippen molar-refractivity contribution in [2.75, 3.05) is 26.1 Å². The Morgan fingerprint density at radius 2 is 0.510 bits per heavy atom. The summed E-state index contributed by atoms with van der Waals surface area (Å²) in [5.74, 6) is -0.391. The predicted octanol–water partition coefficient (Wildman–Crippen LogP) is 15.1. The normalized spacial score (nSPS) is 25.6. The molecular formula is C83H90O14S. The summed E-state index contributed by atoms with van der Waals surface area (Å²) in [5, 5.41) is 0. The SMILES string of the molecule is CS[C@@H]1OC(COCc2ccccc2)[C@H](OCc2ccccc2)[C@H](OCc2ccccc2)C1O[C@@H]1OC(CO[C@@H]2OC(COCc3ccccc3)[C@H](OCc3ccccc3)[C@H](OCc3ccccc3)C2C)[C@H](OCc2ccccc2)[C@H](OCc2ccccc2)C1OCc1ccccc1. The Morgan fingerprint density at radius 1 is 0.255 bits per heavy atom. The molecule has 0 aliphatic carbocycles. The first kappa shape index (κ1) is 70.6. The quantitative estimate of drug-likeness (QED) is 0.0373. The average molecular weight is 1340 g/mol. The van der Waals surface area contributed by atoms with E-state index >= 15 is 0 Å². The van der Waals surface area contributed by atoms with Crippen molar-refractivity contribution in [3.05, 3.63) is 323 Å². The molecule has 0 aromatic heterocycles. The predicted molar refractivity (Wildman–Crippen MR) is 377 cm³/mol. The molecule has 9 aromatic carbocycles. The fourth-order valence-corrected chi connectivity index (χ4v) is 13.4. The van der Waals surface area contributed by atoms with Crippen LogP contribution in [0.15, 0.2) is 273 Å². The van der Waals surface area contributed by atoms with E-state index in [1.165, 1.54) is 11.8 Å². The topological polar surface area (TPSA) is 129 Å². The van der Waals surface area contributed by atoms with Crippen LogP contribution in [0.2, 0.25) is 0 Å². The lowest BCUT2D eigenvalue weighted by Crippen LogP contribution is -2.66. The van der Waals surface area contributed by atoms with Gasteiger partial charge in [0.05, 0.1) is 85.4 Å². The summed E-state index contributed by atoms with van der Waals surface area (Å²) >= 11 is 1.52. The molecule has 9 aromatic rings. The Balaban J connectivity index is 0.916. The molecule has 15 atom stereocenters. The number of ether oxygens (including phenoxy) is 14. The van der Waals surface area contributed by atoms with Gasteiger partial charge in [0.25, 0.3) is 0 Å². The minimum atomic E-state index is -1.17. The largest absolute Gasteiger partial charge is 0.374 e. The smallest absolute Gasteiger partial charge is 0.187 e. The minimum Gasteiger partial charge on any atom is -0.374 e. The Hall–Kier alpha value is -7.23. The molecule has 512 valence electrons. The molecule has 6 unspecified atom stereocenters. The summed E-state index contributed by atoms with van der Waals surface area (Å²) in [6.45, 7) is 4.96. The van der Waals surface area contributed by atoms with Crippen molar-refractivity contribution in [2.45, 2.75) is 152 Å². The first-order valence-corrected chi connectivity index (χ1v) is 35.3. The lowest BCUT2D eigenvalue weighted by Gasteiger charge is -2.50. The molecule has 98 heavy (non-hydrogen) atoms. The van der Waals surface area contributed by atoms with Crippen molar-refractivity contribution >= 4 is 11.8 Å². The van der Waals surface area contributed by atoms with Crippen molar-refractivity contribution in [1.82, 2.24) is 0 Å². The Labute approximate surface area is 581 Å². The van der Waals surface area contributed by atoms with Gasteiger partial charge < -0.3 is 66.3 Å². The van der Waals surface area contributed by atoms with E-state index in [0.717, 1.165) is 50.1 Å². The fourth-order valence-electron chi connectivity index (χ4n) is 12.7. The first-order chi connectivity index (χ1) is 48.5. The second-order valence-electron chi connectivity index (χ2n) is 25.0. The lowest BCUT2D eigenvalue weighted by atomic mass is 9.91. The molecule has 0 saturated carbocycles. The van der Waals surface area contributed by atoms with Crippen LogP contribution in [0.5, 0.6) is 0 Å². The maximum Gasteiger partial charge on any atom is 0.187 e. The van der Waals surface area contributed by atoms with Crippen molar-refractivity contribution in [2.24, 2.45) is 5.92 Å². The van der Waals surface area contributed by atoms with Gasteiger partial charge in [-0.1, -0.05) is 280 Å². The van der Waals surface area contributed by atoms with Crippen LogP contribution in [-0.4, -0.2) is 111 Å². The maximum absolute atomic E-state index is 7.73. The molecule has 14 nitrogen and oxygen atoms in total. The van der Waals surface area contributed by atoms with Gasteiger partial charge in [-0.2, -0.15) is 0 Å². The highest BCUT2D eigenvalue weighted by Gasteiger charge is 2.55. The third kappa shape index (κ3) is 20.5. The van der Waals surface area contributed by atoms with Gasteiger partial charge in [-0.05, 0) is 56.3 Å². The van der Waals surface area contributed by atoms with Crippen LogP contribution in [0.3, 0.4) is 0 Å².